The van der Waals surface area contributed by atoms with Crippen LogP contribution in [0.25, 0.3) is 0 Å². The molecule has 3 N–H and O–H groups in total. The Balaban J connectivity index is 2.27. The summed E-state index contributed by atoms with van der Waals surface area (Å²) in [7, 11) is 1.70. The van der Waals surface area contributed by atoms with E-state index in [-0.39, 0.29) is 17.9 Å². The van der Waals surface area contributed by atoms with E-state index in [2.05, 4.69) is 15.3 Å². The number of rotatable bonds is 8. The Hall–Kier alpha value is -2.05. The minimum Gasteiger partial charge on any atom is -0.481 e. The van der Waals surface area contributed by atoms with E-state index in [1.165, 1.54) is 0 Å². The zero-order chi connectivity index (χ0) is 15.9. The molecule has 2 amide bonds. The molecule has 0 aromatic carbocycles. The summed E-state index contributed by atoms with van der Waals surface area (Å²) in [6.07, 6.45) is 4.85. The van der Waals surface area contributed by atoms with Crippen LogP contribution in [0.3, 0.4) is 0 Å². The summed E-state index contributed by atoms with van der Waals surface area (Å²) in [5.74, 6) is -0.0558. The van der Waals surface area contributed by atoms with Gasteiger partial charge in [-0.05, 0) is 18.3 Å². The van der Waals surface area contributed by atoms with Gasteiger partial charge in [0.1, 0.15) is 5.82 Å². The number of hydrogen-bond acceptors (Lipinski definition) is 3. The lowest BCUT2D eigenvalue weighted by Crippen LogP contribution is -2.38. The molecule has 0 spiro atoms. The highest BCUT2D eigenvalue weighted by Gasteiger charge is 2.19. The number of H-pyrrole nitrogens is 1. The summed E-state index contributed by atoms with van der Waals surface area (Å²) in [6, 6.07) is -0.166. The second-order valence-electron chi connectivity index (χ2n) is 5.93. The maximum atomic E-state index is 11.9. The van der Waals surface area contributed by atoms with Crippen molar-refractivity contribution in [1.29, 1.82) is 0 Å². The molecule has 0 saturated carbocycles. The van der Waals surface area contributed by atoms with Gasteiger partial charge in [-0.3, -0.25) is 4.79 Å². The molecule has 21 heavy (non-hydrogen) atoms. The number of amides is 2. The van der Waals surface area contributed by atoms with Gasteiger partial charge >= 0.3 is 12.0 Å². The molecule has 7 nitrogen and oxygen atoms in total. The monoisotopic (exact) mass is 296 g/mol. The summed E-state index contributed by atoms with van der Waals surface area (Å²) in [5.41, 5.74) is -0.106. The van der Waals surface area contributed by atoms with Gasteiger partial charge in [-0.1, -0.05) is 13.8 Å². The van der Waals surface area contributed by atoms with Gasteiger partial charge in [-0.15, -0.1) is 0 Å². The second-order valence-corrected chi connectivity index (χ2v) is 5.93. The summed E-state index contributed by atoms with van der Waals surface area (Å²) < 4.78 is 0. The van der Waals surface area contributed by atoms with E-state index in [9.17, 15) is 9.59 Å². The first-order valence-electron chi connectivity index (χ1n) is 6.99. The van der Waals surface area contributed by atoms with Gasteiger partial charge in [0.15, 0.2) is 0 Å². The molecule has 0 aliphatic heterocycles. The van der Waals surface area contributed by atoms with Gasteiger partial charge in [0.25, 0.3) is 0 Å². The molecule has 0 aliphatic rings. The number of carbonyl (C=O) groups is 2. The van der Waals surface area contributed by atoms with Gasteiger partial charge in [0, 0.05) is 32.4 Å². The van der Waals surface area contributed by atoms with E-state index in [1.54, 1.807) is 24.3 Å². The van der Waals surface area contributed by atoms with Crippen molar-refractivity contribution in [2.75, 3.05) is 13.6 Å². The number of carboxylic acid groups (broad SMARTS) is 1. The molecule has 0 bridgehead atoms. The molecule has 0 saturated heterocycles. The highest BCUT2D eigenvalue weighted by atomic mass is 16.4. The van der Waals surface area contributed by atoms with Crippen molar-refractivity contribution >= 4 is 12.0 Å². The molecular formula is C14H24N4O3. The predicted octanol–water partition coefficient (Wildman–Crippen LogP) is 1.83. The molecule has 0 atom stereocenters. The van der Waals surface area contributed by atoms with E-state index < -0.39 is 5.97 Å². The van der Waals surface area contributed by atoms with Crippen LogP contribution in [0.4, 0.5) is 4.79 Å². The smallest absolute Gasteiger partial charge is 0.317 e. The van der Waals surface area contributed by atoms with Crippen molar-refractivity contribution in [3.8, 4) is 0 Å². The fourth-order valence-electron chi connectivity index (χ4n) is 1.89. The number of urea groups is 1. The van der Waals surface area contributed by atoms with Crippen molar-refractivity contribution in [2.45, 2.75) is 39.7 Å². The van der Waals surface area contributed by atoms with Crippen LogP contribution in [0.1, 0.15) is 38.9 Å². The Bertz CT molecular complexity index is 457. The first-order valence-corrected chi connectivity index (χ1v) is 6.99. The van der Waals surface area contributed by atoms with Crippen LogP contribution >= 0.6 is 0 Å². The SMILES string of the molecule is CN(Cc1ncc[nH]1)C(=O)NCCC(C)(C)CCC(=O)O. The molecule has 1 rings (SSSR count). The van der Waals surface area contributed by atoms with Crippen LogP contribution in [-0.2, 0) is 11.3 Å². The highest BCUT2D eigenvalue weighted by Crippen LogP contribution is 2.25. The number of imidazole rings is 1. The molecule has 118 valence electrons. The Morgan fingerprint density at radius 2 is 2.14 bits per heavy atom. The molecule has 0 radical (unpaired) electrons. The number of hydrogen-bond donors (Lipinski definition) is 3. The number of aromatic amines is 1. The lowest BCUT2D eigenvalue weighted by atomic mass is 9.84. The highest BCUT2D eigenvalue weighted by molar-refractivity contribution is 5.73. The topological polar surface area (TPSA) is 98.3 Å². The average molecular weight is 296 g/mol. The van der Waals surface area contributed by atoms with E-state index in [4.69, 9.17) is 5.11 Å². The average Bonchev–Trinajstić information content (AvgIpc) is 2.89. The Kier molecular flexibility index (Phi) is 6.20. The van der Waals surface area contributed by atoms with E-state index in [0.29, 0.717) is 19.5 Å². The summed E-state index contributed by atoms with van der Waals surface area (Å²) in [4.78, 5) is 31.0. The summed E-state index contributed by atoms with van der Waals surface area (Å²) >= 11 is 0. The summed E-state index contributed by atoms with van der Waals surface area (Å²) in [5, 5.41) is 11.5. The minimum atomic E-state index is -0.787. The minimum absolute atomic E-state index is 0.106. The predicted molar refractivity (Wildman–Crippen MR) is 78.7 cm³/mol. The first-order chi connectivity index (χ1) is 9.80. The van der Waals surface area contributed by atoms with Crippen LogP contribution in [-0.4, -0.2) is 45.6 Å². The fourth-order valence-corrected chi connectivity index (χ4v) is 1.89. The normalized spacial score (nSPS) is 11.2. The van der Waals surface area contributed by atoms with E-state index in [1.807, 2.05) is 13.8 Å². The Morgan fingerprint density at radius 3 is 2.71 bits per heavy atom. The lowest BCUT2D eigenvalue weighted by molar-refractivity contribution is -0.137. The number of aliphatic carboxylic acids is 1. The number of carboxylic acids is 1. The van der Waals surface area contributed by atoms with Crippen LogP contribution in [0.5, 0.6) is 0 Å². The Morgan fingerprint density at radius 1 is 1.43 bits per heavy atom. The van der Waals surface area contributed by atoms with Gasteiger partial charge in [-0.25, -0.2) is 9.78 Å². The van der Waals surface area contributed by atoms with Gasteiger partial charge in [0.05, 0.1) is 6.54 Å². The van der Waals surface area contributed by atoms with Crippen molar-refractivity contribution in [1.82, 2.24) is 20.2 Å². The van der Waals surface area contributed by atoms with Crippen LogP contribution < -0.4 is 5.32 Å². The van der Waals surface area contributed by atoms with Crippen molar-refractivity contribution in [2.24, 2.45) is 5.41 Å². The molecule has 1 aromatic heterocycles. The molecule has 1 heterocycles. The van der Waals surface area contributed by atoms with Crippen molar-refractivity contribution < 1.29 is 14.7 Å². The van der Waals surface area contributed by atoms with Crippen molar-refractivity contribution in [3.63, 3.8) is 0 Å². The molecular weight excluding hydrogens is 272 g/mol. The second kappa shape index (κ2) is 7.66. The van der Waals surface area contributed by atoms with E-state index >= 15 is 0 Å². The third-order valence-corrected chi connectivity index (χ3v) is 3.38. The molecule has 1 aromatic rings. The maximum absolute atomic E-state index is 11.9. The number of carbonyl (C=O) groups excluding carboxylic acids is 1. The lowest BCUT2D eigenvalue weighted by Gasteiger charge is -2.24. The zero-order valence-corrected chi connectivity index (χ0v) is 12.8. The van der Waals surface area contributed by atoms with Crippen molar-refractivity contribution in [3.05, 3.63) is 18.2 Å². The fraction of sp³-hybridized carbons (Fsp3) is 0.643. The largest absolute Gasteiger partial charge is 0.481 e. The number of nitrogens with one attached hydrogen (secondary N) is 2. The Labute approximate surface area is 124 Å². The zero-order valence-electron chi connectivity index (χ0n) is 12.8. The van der Waals surface area contributed by atoms with Gasteiger partial charge in [0.2, 0.25) is 0 Å². The standard InChI is InChI=1S/C14H24N4O3/c1-14(2,5-4-12(19)20)6-7-17-13(21)18(3)10-11-15-8-9-16-11/h8-9H,4-7,10H2,1-3H3,(H,15,16)(H,17,21)(H,19,20). The van der Waals surface area contributed by atoms with Crippen LogP contribution in [0.2, 0.25) is 0 Å². The maximum Gasteiger partial charge on any atom is 0.317 e. The van der Waals surface area contributed by atoms with Gasteiger partial charge < -0.3 is 20.3 Å². The number of nitrogens with zero attached hydrogens (tertiary/aromatic N) is 2. The third kappa shape index (κ3) is 6.78. The quantitative estimate of drug-likeness (QED) is 0.681. The van der Waals surface area contributed by atoms with E-state index in [0.717, 1.165) is 12.2 Å². The number of aromatic nitrogens is 2. The first kappa shape index (κ1) is 17.0. The summed E-state index contributed by atoms with van der Waals surface area (Å²) in [6.45, 7) is 4.96. The molecule has 0 aliphatic carbocycles. The molecule has 0 unspecified atom stereocenters. The van der Waals surface area contributed by atoms with Gasteiger partial charge in [-0.2, -0.15) is 0 Å². The van der Waals surface area contributed by atoms with Crippen LogP contribution in [0, 0.1) is 5.41 Å². The molecule has 7 heteroatoms. The van der Waals surface area contributed by atoms with Crippen LogP contribution in [0.15, 0.2) is 12.4 Å². The third-order valence-electron chi connectivity index (χ3n) is 3.38. The molecule has 0 fully saturated rings.